The first-order chi connectivity index (χ1) is 16.8. The van der Waals surface area contributed by atoms with Crippen molar-refractivity contribution in [3.63, 3.8) is 0 Å². The van der Waals surface area contributed by atoms with Crippen molar-refractivity contribution in [3.8, 4) is 0 Å². The molecule has 1 aromatic carbocycles. The van der Waals surface area contributed by atoms with Gasteiger partial charge in [0.2, 0.25) is 0 Å². The molecule has 0 unspecified atom stereocenters. The molecule has 2 aromatic rings. The largest absolute Gasteiger partial charge is 0.420 e. The second-order valence-corrected chi connectivity index (χ2v) is 9.66. The van der Waals surface area contributed by atoms with Gasteiger partial charge in [-0.25, -0.2) is 9.78 Å². The van der Waals surface area contributed by atoms with E-state index in [1.165, 1.54) is 16.7 Å². The zero-order chi connectivity index (χ0) is 24.7. The number of nitrogens with one attached hydrogen (secondary N) is 2. The number of carbonyl (C=O) groups is 1. The highest BCUT2D eigenvalue weighted by atomic mass is 19.4. The van der Waals surface area contributed by atoms with Gasteiger partial charge in [0, 0.05) is 18.6 Å². The van der Waals surface area contributed by atoms with E-state index in [0.717, 1.165) is 31.7 Å². The maximum Gasteiger partial charge on any atom is 0.420 e. The van der Waals surface area contributed by atoms with E-state index in [0.29, 0.717) is 32.8 Å². The van der Waals surface area contributed by atoms with Crippen LogP contribution in [0, 0.1) is 0 Å². The second kappa shape index (κ2) is 8.98. The van der Waals surface area contributed by atoms with Gasteiger partial charge in [-0.1, -0.05) is 30.3 Å². The lowest BCUT2D eigenvalue weighted by Gasteiger charge is -2.45. The van der Waals surface area contributed by atoms with Crippen molar-refractivity contribution in [3.05, 3.63) is 53.7 Å². The fourth-order valence-electron chi connectivity index (χ4n) is 5.63. The monoisotopic (exact) mass is 489 g/mol. The Hall–Kier alpha value is -2.85. The summed E-state index contributed by atoms with van der Waals surface area (Å²) in [4.78, 5) is 20.1. The minimum absolute atomic E-state index is 0.113. The number of ether oxygens (including phenoxy) is 1. The number of pyridine rings is 1. The van der Waals surface area contributed by atoms with Crippen molar-refractivity contribution in [2.75, 3.05) is 49.7 Å². The number of hydrogen-bond acceptors (Lipinski definition) is 5. The summed E-state index contributed by atoms with van der Waals surface area (Å²) in [7, 11) is 1.95. The number of morpholine rings is 1. The van der Waals surface area contributed by atoms with Crippen molar-refractivity contribution < 1.29 is 22.7 Å². The molecule has 0 radical (unpaired) electrons. The van der Waals surface area contributed by atoms with E-state index < -0.39 is 17.3 Å². The number of anilines is 2. The number of carbonyl (C=O) groups excluding carboxylic acids is 1. The highest BCUT2D eigenvalue weighted by Crippen LogP contribution is 2.44. The van der Waals surface area contributed by atoms with Gasteiger partial charge in [-0.2, -0.15) is 13.2 Å². The third-order valence-electron chi connectivity index (χ3n) is 7.72. The van der Waals surface area contributed by atoms with Crippen molar-refractivity contribution in [2.45, 2.75) is 42.9 Å². The Labute approximate surface area is 202 Å². The molecule has 1 aromatic heterocycles. The van der Waals surface area contributed by atoms with Crippen LogP contribution in [-0.2, 0) is 16.5 Å². The SMILES string of the molecule is CN[C@]1(c2ccccc2)CC[C@@]2(CC1)CN(c1cnc(N3CCOCC3)c(C(F)(F)F)c1)C(=O)N2. The molecule has 35 heavy (non-hydrogen) atoms. The zero-order valence-electron chi connectivity index (χ0n) is 19.7. The first-order valence-corrected chi connectivity index (χ1v) is 12.0. The number of hydrogen-bond donors (Lipinski definition) is 2. The molecule has 2 aliphatic heterocycles. The number of aromatic nitrogens is 1. The maximum absolute atomic E-state index is 14.0. The lowest BCUT2D eigenvalue weighted by Crippen LogP contribution is -2.53. The fraction of sp³-hybridized carbons (Fsp3) is 0.520. The van der Waals surface area contributed by atoms with E-state index in [9.17, 15) is 18.0 Å². The van der Waals surface area contributed by atoms with Crippen LogP contribution in [-0.4, -0.2) is 56.4 Å². The smallest absolute Gasteiger partial charge is 0.378 e. The Morgan fingerprint density at radius 1 is 1.09 bits per heavy atom. The molecule has 3 heterocycles. The minimum atomic E-state index is -4.59. The van der Waals surface area contributed by atoms with E-state index in [2.05, 4.69) is 27.8 Å². The van der Waals surface area contributed by atoms with Gasteiger partial charge >= 0.3 is 12.2 Å². The highest BCUT2D eigenvalue weighted by Gasteiger charge is 2.49. The normalized spacial score (nSPS) is 27.4. The van der Waals surface area contributed by atoms with Gasteiger partial charge in [-0.05, 0) is 44.4 Å². The molecule has 1 aliphatic carbocycles. The molecule has 0 atom stereocenters. The molecule has 2 amide bonds. The summed E-state index contributed by atoms with van der Waals surface area (Å²) in [5.74, 6) is -0.113. The predicted molar refractivity (Wildman–Crippen MR) is 127 cm³/mol. The third-order valence-corrected chi connectivity index (χ3v) is 7.72. The molecule has 10 heteroatoms. The quantitative estimate of drug-likeness (QED) is 0.682. The van der Waals surface area contributed by atoms with E-state index >= 15 is 0 Å². The Kier molecular flexibility index (Phi) is 6.13. The van der Waals surface area contributed by atoms with Crippen LogP contribution in [0.3, 0.4) is 0 Å². The Balaban J connectivity index is 1.37. The van der Waals surface area contributed by atoms with Crippen LogP contribution in [0.2, 0.25) is 0 Å². The summed E-state index contributed by atoms with van der Waals surface area (Å²) < 4.78 is 47.2. The summed E-state index contributed by atoms with van der Waals surface area (Å²) in [5, 5.41) is 6.57. The van der Waals surface area contributed by atoms with E-state index in [-0.39, 0.29) is 23.1 Å². The highest BCUT2D eigenvalue weighted by molar-refractivity contribution is 5.95. The molecule has 7 nitrogen and oxygen atoms in total. The number of alkyl halides is 3. The molecule has 2 N–H and O–H groups in total. The van der Waals surface area contributed by atoms with Gasteiger partial charge in [0.15, 0.2) is 0 Å². The van der Waals surface area contributed by atoms with Gasteiger partial charge in [-0.15, -0.1) is 0 Å². The molecular formula is C25H30F3N5O2. The summed E-state index contributed by atoms with van der Waals surface area (Å²) in [6.45, 7) is 1.72. The Morgan fingerprint density at radius 3 is 2.40 bits per heavy atom. The van der Waals surface area contributed by atoms with Gasteiger partial charge in [0.1, 0.15) is 11.4 Å². The number of urea groups is 1. The van der Waals surface area contributed by atoms with Crippen LogP contribution in [0.15, 0.2) is 42.6 Å². The minimum Gasteiger partial charge on any atom is -0.378 e. The second-order valence-electron chi connectivity index (χ2n) is 9.66. The lowest BCUT2D eigenvalue weighted by atomic mass is 9.69. The standard InChI is InChI=1S/C25H30F3N5O2/c1-29-24(18-5-3-2-4-6-18)9-7-23(8-10-24)17-33(22(34)31-23)19-15-20(25(26,27)28)21(30-16-19)32-11-13-35-14-12-32/h2-6,15-16,29H,7-14,17H2,1H3,(H,31,34)/t23-,24-. The molecule has 1 spiro atoms. The Bertz CT molecular complexity index is 1060. The molecule has 3 aliphatic rings. The van der Waals surface area contributed by atoms with Gasteiger partial charge in [0.05, 0.1) is 37.2 Å². The lowest BCUT2D eigenvalue weighted by molar-refractivity contribution is -0.137. The summed E-state index contributed by atoms with van der Waals surface area (Å²) in [6.07, 6.45) is -0.152. The van der Waals surface area contributed by atoms with Crippen LogP contribution < -0.4 is 20.4 Å². The third kappa shape index (κ3) is 4.45. The van der Waals surface area contributed by atoms with Crippen LogP contribution in [0.25, 0.3) is 0 Å². The summed E-state index contributed by atoms with van der Waals surface area (Å²) in [6, 6.07) is 10.9. The molecule has 188 valence electrons. The molecule has 3 fully saturated rings. The average Bonchev–Trinajstić information content (AvgIpc) is 3.20. The van der Waals surface area contributed by atoms with Gasteiger partial charge < -0.3 is 20.3 Å². The van der Waals surface area contributed by atoms with Gasteiger partial charge in [-0.3, -0.25) is 4.90 Å². The average molecular weight is 490 g/mol. The van der Waals surface area contributed by atoms with Crippen molar-refractivity contribution in [1.29, 1.82) is 0 Å². The number of halogens is 3. The van der Waals surface area contributed by atoms with E-state index in [1.807, 2.05) is 25.2 Å². The summed E-state index contributed by atoms with van der Waals surface area (Å²) >= 11 is 0. The predicted octanol–water partition coefficient (Wildman–Crippen LogP) is 3.89. The van der Waals surface area contributed by atoms with E-state index in [4.69, 9.17) is 4.74 Å². The molecule has 1 saturated carbocycles. The van der Waals surface area contributed by atoms with E-state index in [1.54, 1.807) is 4.90 Å². The van der Waals surface area contributed by atoms with Crippen molar-refractivity contribution >= 4 is 17.5 Å². The summed E-state index contributed by atoms with van der Waals surface area (Å²) in [5.41, 5.74) is -0.121. The first-order valence-electron chi connectivity index (χ1n) is 12.0. The van der Waals surface area contributed by atoms with Crippen LogP contribution in [0.5, 0.6) is 0 Å². The molecule has 0 bridgehead atoms. The zero-order valence-corrected chi connectivity index (χ0v) is 19.7. The van der Waals surface area contributed by atoms with Crippen LogP contribution in [0.1, 0.15) is 36.8 Å². The number of rotatable bonds is 4. The van der Waals surface area contributed by atoms with Crippen LogP contribution >= 0.6 is 0 Å². The number of benzene rings is 1. The van der Waals surface area contributed by atoms with Crippen molar-refractivity contribution in [1.82, 2.24) is 15.6 Å². The Morgan fingerprint density at radius 2 is 1.77 bits per heavy atom. The first kappa shape index (κ1) is 23.9. The fourth-order valence-corrected chi connectivity index (χ4v) is 5.63. The molecular weight excluding hydrogens is 459 g/mol. The molecule has 5 rings (SSSR count). The number of amides is 2. The van der Waals surface area contributed by atoms with Crippen LogP contribution in [0.4, 0.5) is 29.5 Å². The van der Waals surface area contributed by atoms with Gasteiger partial charge in [0.25, 0.3) is 0 Å². The number of nitrogens with zero attached hydrogens (tertiary/aromatic N) is 3. The topological polar surface area (TPSA) is 69.7 Å². The molecule has 2 saturated heterocycles. The maximum atomic E-state index is 14.0. The van der Waals surface area contributed by atoms with Crippen molar-refractivity contribution in [2.24, 2.45) is 0 Å².